The topological polar surface area (TPSA) is 85.0 Å². The van der Waals surface area contributed by atoms with Gasteiger partial charge in [-0.1, -0.05) is 0 Å². The molecule has 1 aromatic heterocycles. The summed E-state index contributed by atoms with van der Waals surface area (Å²) >= 11 is 0. The van der Waals surface area contributed by atoms with Crippen LogP contribution in [0.25, 0.3) is 0 Å². The first-order valence-corrected chi connectivity index (χ1v) is 6.32. The second kappa shape index (κ2) is 5.34. The Kier molecular flexibility index (Phi) is 3.81. The van der Waals surface area contributed by atoms with Gasteiger partial charge < -0.3 is 10.6 Å². The first-order chi connectivity index (χ1) is 8.63. The molecule has 2 rings (SSSR count). The number of anilines is 1. The van der Waals surface area contributed by atoms with E-state index in [9.17, 15) is 10.1 Å². The molecule has 1 atom stereocenters. The van der Waals surface area contributed by atoms with E-state index in [2.05, 4.69) is 15.7 Å². The minimum absolute atomic E-state index is 0.0925. The number of nitrogens with one attached hydrogen (secondary N) is 2. The lowest BCUT2D eigenvalue weighted by Gasteiger charge is -2.12. The molecule has 100 valence electrons. The average molecular weight is 253 g/mol. The minimum Gasteiger partial charge on any atom is -0.363 e. The number of hydrogen-bond acceptors (Lipinski definition) is 5. The molecule has 0 aliphatic carbocycles. The van der Waals surface area contributed by atoms with Crippen molar-refractivity contribution in [3.63, 3.8) is 0 Å². The number of rotatable bonds is 5. The standard InChI is InChI=1S/C11H19N5O2/c1-3-15-11(10(16(17)18)8(2)14-15)13-7-9-5-4-6-12-9/h9,12-13H,3-7H2,1-2H3. The predicted octanol–water partition coefficient (Wildman–Crippen LogP) is 1.28. The van der Waals surface area contributed by atoms with Crippen molar-refractivity contribution in [1.29, 1.82) is 0 Å². The molecular weight excluding hydrogens is 234 g/mol. The van der Waals surface area contributed by atoms with Crippen molar-refractivity contribution < 1.29 is 4.92 Å². The van der Waals surface area contributed by atoms with Crippen molar-refractivity contribution in [3.8, 4) is 0 Å². The summed E-state index contributed by atoms with van der Waals surface area (Å²) in [5.74, 6) is 0.522. The molecule has 1 aliphatic heterocycles. The highest BCUT2D eigenvalue weighted by Gasteiger charge is 2.25. The largest absolute Gasteiger partial charge is 0.363 e. The van der Waals surface area contributed by atoms with Crippen LogP contribution < -0.4 is 10.6 Å². The van der Waals surface area contributed by atoms with Gasteiger partial charge in [-0.3, -0.25) is 10.1 Å². The maximum absolute atomic E-state index is 11.1. The number of nitrogens with zero attached hydrogens (tertiary/aromatic N) is 3. The normalized spacial score (nSPS) is 19.1. The third-order valence-corrected chi connectivity index (χ3v) is 3.26. The van der Waals surface area contributed by atoms with Crippen LogP contribution in [0.5, 0.6) is 0 Å². The molecule has 0 amide bonds. The number of aromatic nitrogens is 2. The van der Waals surface area contributed by atoms with Gasteiger partial charge in [-0.05, 0) is 33.2 Å². The Morgan fingerprint density at radius 2 is 2.44 bits per heavy atom. The molecule has 1 fully saturated rings. The van der Waals surface area contributed by atoms with Gasteiger partial charge in [0.1, 0.15) is 5.69 Å². The van der Waals surface area contributed by atoms with Crippen molar-refractivity contribution in [2.24, 2.45) is 0 Å². The Morgan fingerprint density at radius 3 is 3.00 bits per heavy atom. The van der Waals surface area contributed by atoms with Gasteiger partial charge in [0, 0.05) is 19.1 Å². The van der Waals surface area contributed by atoms with Gasteiger partial charge in [0.05, 0.1) is 4.92 Å². The summed E-state index contributed by atoms with van der Waals surface area (Å²) in [7, 11) is 0. The van der Waals surface area contributed by atoms with Crippen molar-refractivity contribution >= 4 is 11.5 Å². The Morgan fingerprint density at radius 1 is 1.67 bits per heavy atom. The molecule has 1 saturated heterocycles. The summed E-state index contributed by atoms with van der Waals surface area (Å²) in [6.07, 6.45) is 2.28. The molecule has 0 spiro atoms. The first kappa shape index (κ1) is 12.8. The minimum atomic E-state index is -0.362. The van der Waals surface area contributed by atoms with E-state index in [4.69, 9.17) is 0 Å². The van der Waals surface area contributed by atoms with Crippen molar-refractivity contribution in [1.82, 2.24) is 15.1 Å². The van der Waals surface area contributed by atoms with E-state index in [1.54, 1.807) is 11.6 Å². The second-order valence-corrected chi connectivity index (χ2v) is 4.53. The summed E-state index contributed by atoms with van der Waals surface area (Å²) in [5, 5.41) is 21.8. The molecule has 18 heavy (non-hydrogen) atoms. The molecule has 2 heterocycles. The van der Waals surface area contributed by atoms with Gasteiger partial charge in [-0.2, -0.15) is 5.10 Å². The van der Waals surface area contributed by atoms with Crippen molar-refractivity contribution in [2.75, 3.05) is 18.4 Å². The quantitative estimate of drug-likeness (QED) is 0.610. The number of nitro groups is 1. The number of hydrogen-bond donors (Lipinski definition) is 2. The smallest absolute Gasteiger partial charge is 0.333 e. The van der Waals surface area contributed by atoms with Crippen LogP contribution in [0.4, 0.5) is 11.5 Å². The summed E-state index contributed by atoms with van der Waals surface area (Å²) in [5.41, 5.74) is 0.554. The third-order valence-electron chi connectivity index (χ3n) is 3.26. The van der Waals surface area contributed by atoms with Gasteiger partial charge in [-0.15, -0.1) is 0 Å². The lowest BCUT2D eigenvalue weighted by atomic mass is 10.2. The Labute approximate surface area is 106 Å². The average Bonchev–Trinajstić information content (AvgIpc) is 2.92. The second-order valence-electron chi connectivity index (χ2n) is 4.53. The highest BCUT2D eigenvalue weighted by Crippen LogP contribution is 2.28. The maximum atomic E-state index is 11.1. The van der Waals surface area contributed by atoms with E-state index in [-0.39, 0.29) is 10.6 Å². The summed E-state index contributed by atoms with van der Waals surface area (Å²) in [4.78, 5) is 10.7. The van der Waals surface area contributed by atoms with Crippen LogP contribution in [0.3, 0.4) is 0 Å². The molecule has 7 nitrogen and oxygen atoms in total. The predicted molar refractivity (Wildman–Crippen MR) is 68.8 cm³/mol. The number of aryl methyl sites for hydroxylation is 2. The van der Waals surface area contributed by atoms with E-state index in [1.807, 2.05) is 6.92 Å². The third kappa shape index (κ3) is 2.45. The van der Waals surface area contributed by atoms with Gasteiger partial charge in [0.2, 0.25) is 5.82 Å². The molecule has 0 saturated carbocycles. The lowest BCUT2D eigenvalue weighted by molar-refractivity contribution is -0.384. The van der Waals surface area contributed by atoms with E-state index in [0.717, 1.165) is 13.0 Å². The molecule has 1 unspecified atom stereocenters. The summed E-state index contributed by atoms with van der Waals surface area (Å²) in [6.45, 7) is 5.94. The Hall–Kier alpha value is -1.63. The van der Waals surface area contributed by atoms with Crippen LogP contribution in [-0.4, -0.2) is 33.8 Å². The zero-order valence-electron chi connectivity index (χ0n) is 10.8. The van der Waals surface area contributed by atoms with Gasteiger partial charge in [0.25, 0.3) is 0 Å². The zero-order valence-corrected chi connectivity index (χ0v) is 10.8. The first-order valence-electron chi connectivity index (χ1n) is 6.32. The molecule has 1 aromatic rings. The zero-order chi connectivity index (χ0) is 13.1. The van der Waals surface area contributed by atoms with E-state index in [0.29, 0.717) is 30.6 Å². The van der Waals surface area contributed by atoms with E-state index < -0.39 is 0 Å². The monoisotopic (exact) mass is 253 g/mol. The highest BCUT2D eigenvalue weighted by atomic mass is 16.6. The van der Waals surface area contributed by atoms with Crippen LogP contribution in [-0.2, 0) is 6.54 Å². The fraction of sp³-hybridized carbons (Fsp3) is 0.727. The fourth-order valence-corrected chi connectivity index (χ4v) is 2.35. The lowest BCUT2D eigenvalue weighted by Crippen LogP contribution is -2.30. The van der Waals surface area contributed by atoms with E-state index in [1.165, 1.54) is 6.42 Å². The molecule has 7 heteroatoms. The van der Waals surface area contributed by atoms with Crippen LogP contribution in [0, 0.1) is 17.0 Å². The van der Waals surface area contributed by atoms with Gasteiger partial charge in [-0.25, -0.2) is 4.68 Å². The maximum Gasteiger partial charge on any atom is 0.333 e. The van der Waals surface area contributed by atoms with Crippen LogP contribution in [0.2, 0.25) is 0 Å². The van der Waals surface area contributed by atoms with E-state index >= 15 is 0 Å². The van der Waals surface area contributed by atoms with Gasteiger partial charge in [0.15, 0.2) is 0 Å². The summed E-state index contributed by atoms with van der Waals surface area (Å²) < 4.78 is 1.66. The van der Waals surface area contributed by atoms with Crippen LogP contribution >= 0.6 is 0 Å². The molecule has 0 bridgehead atoms. The molecular formula is C11H19N5O2. The fourth-order valence-electron chi connectivity index (χ4n) is 2.35. The molecule has 2 N–H and O–H groups in total. The highest BCUT2D eigenvalue weighted by molar-refractivity contribution is 5.59. The van der Waals surface area contributed by atoms with Crippen molar-refractivity contribution in [2.45, 2.75) is 39.3 Å². The molecule has 0 aromatic carbocycles. The summed E-state index contributed by atoms with van der Waals surface area (Å²) in [6, 6.07) is 0.394. The molecule has 1 aliphatic rings. The molecule has 0 radical (unpaired) electrons. The Balaban J connectivity index is 2.15. The van der Waals surface area contributed by atoms with Crippen LogP contribution in [0.15, 0.2) is 0 Å². The SMILES string of the molecule is CCn1nc(C)c([N+](=O)[O-])c1NCC1CCCN1. The van der Waals surface area contributed by atoms with Gasteiger partial charge >= 0.3 is 5.69 Å². The van der Waals surface area contributed by atoms with Crippen LogP contribution in [0.1, 0.15) is 25.5 Å². The van der Waals surface area contributed by atoms with Crippen molar-refractivity contribution in [3.05, 3.63) is 15.8 Å². The Bertz CT molecular complexity index is 437.